The number of aromatic nitrogens is 2. The molecule has 2 saturated carbocycles. The Labute approximate surface area is 205 Å². The maximum Gasteiger partial charge on any atom is 0.258 e. The molecule has 1 amide bonds. The number of amides is 1. The SMILES string of the molecule is CC1CCC(NC(=O)c2cnc(N3CCCC34CC4)nc2OCc2ccc(CO)c(Cl)c2)CC1. The fourth-order valence-corrected chi connectivity index (χ4v) is 5.56. The zero-order valence-corrected chi connectivity index (χ0v) is 20.5. The van der Waals surface area contributed by atoms with Crippen molar-refractivity contribution >= 4 is 23.5 Å². The fourth-order valence-electron chi connectivity index (χ4n) is 5.30. The van der Waals surface area contributed by atoms with Gasteiger partial charge in [0.15, 0.2) is 0 Å². The van der Waals surface area contributed by atoms with Crippen molar-refractivity contribution in [3.8, 4) is 5.88 Å². The monoisotopic (exact) mass is 484 g/mol. The number of nitrogens with one attached hydrogen (secondary N) is 1. The van der Waals surface area contributed by atoms with Crippen LogP contribution in [-0.2, 0) is 13.2 Å². The van der Waals surface area contributed by atoms with E-state index in [1.54, 1.807) is 18.3 Å². The van der Waals surface area contributed by atoms with Crippen molar-refractivity contribution in [2.24, 2.45) is 5.92 Å². The Kier molecular flexibility index (Phi) is 6.67. The van der Waals surface area contributed by atoms with Crippen LogP contribution in [0.15, 0.2) is 24.4 Å². The molecule has 1 aromatic carbocycles. The van der Waals surface area contributed by atoms with Crippen LogP contribution in [0.25, 0.3) is 0 Å². The van der Waals surface area contributed by atoms with Gasteiger partial charge < -0.3 is 20.1 Å². The van der Waals surface area contributed by atoms with Crippen LogP contribution in [0.3, 0.4) is 0 Å². The molecule has 5 rings (SSSR count). The molecule has 3 fully saturated rings. The van der Waals surface area contributed by atoms with Gasteiger partial charge in [-0.1, -0.05) is 30.7 Å². The van der Waals surface area contributed by atoms with E-state index in [0.29, 0.717) is 33.9 Å². The molecule has 7 nitrogen and oxygen atoms in total. The summed E-state index contributed by atoms with van der Waals surface area (Å²) in [6.45, 7) is 3.30. The van der Waals surface area contributed by atoms with E-state index in [2.05, 4.69) is 22.1 Å². The first-order valence-corrected chi connectivity index (χ1v) is 12.8. The quantitative estimate of drug-likeness (QED) is 0.595. The number of hydrogen-bond acceptors (Lipinski definition) is 6. The zero-order chi connectivity index (χ0) is 23.7. The number of carbonyl (C=O) groups is 1. The highest BCUT2D eigenvalue weighted by Gasteiger charge is 2.51. The summed E-state index contributed by atoms with van der Waals surface area (Å²) in [7, 11) is 0. The van der Waals surface area contributed by atoms with E-state index < -0.39 is 0 Å². The van der Waals surface area contributed by atoms with Crippen molar-refractivity contribution in [2.75, 3.05) is 11.4 Å². The third-order valence-electron chi connectivity index (χ3n) is 7.67. The standard InChI is InChI=1S/C26H33ClN4O3/c1-17-3-7-20(8-4-17)29-23(33)21-14-28-25(31-12-2-9-26(31)10-11-26)30-24(21)34-16-18-5-6-19(15-32)22(27)13-18/h5-6,13-14,17,20,32H,2-4,7-12,15-16H2,1H3,(H,29,33). The molecular formula is C26H33ClN4O3. The molecule has 3 aliphatic rings. The van der Waals surface area contributed by atoms with Gasteiger partial charge >= 0.3 is 0 Å². The lowest BCUT2D eigenvalue weighted by Crippen LogP contribution is -2.38. The van der Waals surface area contributed by atoms with Gasteiger partial charge in [-0.3, -0.25) is 4.79 Å². The van der Waals surface area contributed by atoms with E-state index in [-0.39, 0.29) is 30.7 Å². The van der Waals surface area contributed by atoms with Gasteiger partial charge in [-0.05, 0) is 74.5 Å². The van der Waals surface area contributed by atoms with Gasteiger partial charge in [-0.25, -0.2) is 4.98 Å². The molecule has 2 heterocycles. The van der Waals surface area contributed by atoms with Crippen LogP contribution in [-0.4, -0.2) is 39.1 Å². The summed E-state index contributed by atoms with van der Waals surface area (Å²) in [5.41, 5.74) is 2.08. The summed E-state index contributed by atoms with van der Waals surface area (Å²) >= 11 is 6.25. The van der Waals surface area contributed by atoms with Gasteiger partial charge in [0, 0.05) is 29.3 Å². The smallest absolute Gasteiger partial charge is 0.258 e. The van der Waals surface area contributed by atoms with Crippen LogP contribution < -0.4 is 15.0 Å². The van der Waals surface area contributed by atoms with Crippen molar-refractivity contribution in [3.05, 3.63) is 46.1 Å². The summed E-state index contributed by atoms with van der Waals surface area (Å²) in [5.74, 6) is 1.48. The molecule has 1 aliphatic heterocycles. The highest BCUT2D eigenvalue weighted by atomic mass is 35.5. The van der Waals surface area contributed by atoms with E-state index in [9.17, 15) is 9.90 Å². The van der Waals surface area contributed by atoms with Crippen LogP contribution >= 0.6 is 11.6 Å². The zero-order valence-electron chi connectivity index (χ0n) is 19.7. The molecule has 0 bridgehead atoms. The Hall–Kier alpha value is -2.38. The normalized spacial score (nSPS) is 23.2. The van der Waals surface area contributed by atoms with Crippen molar-refractivity contribution in [1.82, 2.24) is 15.3 Å². The average molecular weight is 485 g/mol. The lowest BCUT2D eigenvalue weighted by atomic mass is 9.87. The third-order valence-corrected chi connectivity index (χ3v) is 8.02. The van der Waals surface area contributed by atoms with Gasteiger partial charge in [0.2, 0.25) is 11.8 Å². The number of carbonyl (C=O) groups excluding carboxylic acids is 1. The molecule has 1 saturated heterocycles. The molecule has 2 aliphatic carbocycles. The maximum absolute atomic E-state index is 13.2. The number of halogens is 1. The number of nitrogens with zero attached hydrogens (tertiary/aromatic N) is 3. The van der Waals surface area contributed by atoms with Gasteiger partial charge in [0.05, 0.1) is 6.61 Å². The van der Waals surface area contributed by atoms with E-state index >= 15 is 0 Å². The van der Waals surface area contributed by atoms with Crippen LogP contribution in [0.4, 0.5) is 5.95 Å². The Balaban J connectivity index is 1.37. The molecule has 0 radical (unpaired) electrons. The number of aliphatic hydroxyl groups is 1. The van der Waals surface area contributed by atoms with Gasteiger partial charge in [-0.2, -0.15) is 4.98 Å². The molecular weight excluding hydrogens is 452 g/mol. The van der Waals surface area contributed by atoms with Gasteiger partial charge in [-0.15, -0.1) is 0 Å². The van der Waals surface area contributed by atoms with E-state index in [4.69, 9.17) is 21.3 Å². The molecule has 0 unspecified atom stereocenters. The average Bonchev–Trinajstić information content (AvgIpc) is 3.49. The van der Waals surface area contributed by atoms with Crippen LogP contribution in [0.1, 0.15) is 79.8 Å². The molecule has 34 heavy (non-hydrogen) atoms. The van der Waals surface area contributed by atoms with Crippen LogP contribution in [0.2, 0.25) is 5.02 Å². The Morgan fingerprint density at radius 2 is 2.06 bits per heavy atom. The second-order valence-electron chi connectivity index (χ2n) is 10.2. The molecule has 182 valence electrons. The third kappa shape index (κ3) is 4.86. The number of hydrogen-bond donors (Lipinski definition) is 2. The van der Waals surface area contributed by atoms with Gasteiger partial charge in [0.1, 0.15) is 12.2 Å². The Morgan fingerprint density at radius 3 is 2.76 bits per heavy atom. The number of anilines is 1. The second kappa shape index (κ2) is 9.70. The minimum atomic E-state index is -0.183. The maximum atomic E-state index is 13.2. The molecule has 1 spiro atoms. The first-order valence-electron chi connectivity index (χ1n) is 12.4. The molecule has 8 heteroatoms. The lowest BCUT2D eigenvalue weighted by Gasteiger charge is -2.27. The first kappa shape index (κ1) is 23.4. The second-order valence-corrected chi connectivity index (χ2v) is 10.6. The van der Waals surface area contributed by atoms with Gasteiger partial charge in [0.25, 0.3) is 5.91 Å². The summed E-state index contributed by atoms with van der Waals surface area (Å²) in [5, 5.41) is 13.0. The Morgan fingerprint density at radius 1 is 1.26 bits per heavy atom. The fraction of sp³-hybridized carbons (Fsp3) is 0.577. The molecule has 2 aromatic rings. The van der Waals surface area contributed by atoms with Crippen LogP contribution in [0, 0.1) is 5.92 Å². The molecule has 2 N–H and O–H groups in total. The van der Waals surface area contributed by atoms with Crippen molar-refractivity contribution in [2.45, 2.75) is 83.1 Å². The number of aliphatic hydroxyl groups excluding tert-OH is 1. The Bertz CT molecular complexity index is 1050. The van der Waals surface area contributed by atoms with Crippen molar-refractivity contribution in [1.29, 1.82) is 0 Å². The number of rotatable bonds is 7. The summed E-state index contributed by atoms with van der Waals surface area (Å²) in [6.07, 6.45) is 10.5. The predicted molar refractivity (Wildman–Crippen MR) is 131 cm³/mol. The number of ether oxygens (including phenoxy) is 1. The van der Waals surface area contributed by atoms with E-state index in [1.807, 2.05) is 6.07 Å². The summed E-state index contributed by atoms with van der Waals surface area (Å²) in [4.78, 5) is 24.8. The minimum absolute atomic E-state index is 0.114. The summed E-state index contributed by atoms with van der Waals surface area (Å²) in [6, 6.07) is 5.60. The largest absolute Gasteiger partial charge is 0.472 e. The predicted octanol–water partition coefficient (Wildman–Crippen LogP) is 4.64. The van der Waals surface area contributed by atoms with Crippen LogP contribution in [0.5, 0.6) is 5.88 Å². The topological polar surface area (TPSA) is 87.6 Å². The summed E-state index contributed by atoms with van der Waals surface area (Å²) < 4.78 is 6.11. The number of benzene rings is 1. The minimum Gasteiger partial charge on any atom is -0.472 e. The van der Waals surface area contributed by atoms with Crippen molar-refractivity contribution in [3.63, 3.8) is 0 Å². The highest BCUT2D eigenvalue weighted by Crippen LogP contribution is 2.50. The highest BCUT2D eigenvalue weighted by molar-refractivity contribution is 6.31. The van der Waals surface area contributed by atoms with E-state index in [1.165, 1.54) is 19.3 Å². The van der Waals surface area contributed by atoms with Crippen molar-refractivity contribution < 1.29 is 14.6 Å². The lowest BCUT2D eigenvalue weighted by molar-refractivity contribution is 0.0917. The molecule has 0 atom stereocenters. The van der Waals surface area contributed by atoms with E-state index in [0.717, 1.165) is 44.2 Å². The first-order chi connectivity index (χ1) is 16.5. The molecule has 1 aromatic heterocycles.